The van der Waals surface area contributed by atoms with E-state index in [1.807, 2.05) is 0 Å². The summed E-state index contributed by atoms with van der Waals surface area (Å²) >= 11 is 1.32. The fourth-order valence-corrected chi connectivity index (χ4v) is 0.911. The first kappa shape index (κ1) is 14.9. The molecule has 0 spiro atoms. The molecule has 0 unspecified atom stereocenters. The molecule has 0 aliphatic heterocycles. The van der Waals surface area contributed by atoms with Crippen molar-refractivity contribution in [2.45, 2.75) is 18.0 Å². The Morgan fingerprint density at radius 2 is 1.40 bits per heavy atom. The lowest BCUT2D eigenvalue weighted by Gasteiger charge is -2.26. The van der Waals surface area contributed by atoms with Crippen LogP contribution < -0.4 is 0 Å². The van der Waals surface area contributed by atoms with E-state index in [9.17, 15) is 35.1 Å². The van der Waals surface area contributed by atoms with Crippen LogP contribution in [0.3, 0.4) is 0 Å². The molecule has 0 N–H and O–H groups in total. The Kier molecular flexibility index (Phi) is 4.39. The van der Waals surface area contributed by atoms with Crippen LogP contribution in [0.4, 0.5) is 35.1 Å². The van der Waals surface area contributed by atoms with Gasteiger partial charge in [0.1, 0.15) is 0 Å². The van der Waals surface area contributed by atoms with Gasteiger partial charge in [0.05, 0.1) is 0 Å². The summed E-state index contributed by atoms with van der Waals surface area (Å²) in [5.74, 6) is -15.1. The SMILES string of the molecule is F/C(=C\CI)C(F)(F)C(F)(F)C(F)(F)F. The first-order chi connectivity index (χ1) is 6.48. The van der Waals surface area contributed by atoms with Crippen LogP contribution in [0.1, 0.15) is 0 Å². The van der Waals surface area contributed by atoms with Crippen molar-refractivity contribution in [1.82, 2.24) is 0 Å². The van der Waals surface area contributed by atoms with Crippen LogP contribution in [-0.4, -0.2) is 22.4 Å². The molecule has 0 radical (unpaired) electrons. The lowest BCUT2D eigenvalue weighted by atomic mass is 10.1. The lowest BCUT2D eigenvalue weighted by molar-refractivity contribution is -0.347. The minimum absolute atomic E-state index is 0.0415. The maximum absolute atomic E-state index is 12.4. The summed E-state index contributed by atoms with van der Waals surface area (Å²) in [5.41, 5.74) is 0. The summed E-state index contributed by atoms with van der Waals surface area (Å²) in [5, 5.41) is 0. The third-order valence-electron chi connectivity index (χ3n) is 1.31. The Labute approximate surface area is 92.5 Å². The van der Waals surface area contributed by atoms with Gasteiger partial charge in [0.25, 0.3) is 0 Å². The molecule has 0 rings (SSSR count). The molecule has 0 saturated heterocycles. The van der Waals surface area contributed by atoms with E-state index in [4.69, 9.17) is 0 Å². The lowest BCUT2D eigenvalue weighted by Crippen LogP contribution is -2.52. The zero-order valence-electron chi connectivity index (χ0n) is 6.69. The largest absolute Gasteiger partial charge is 0.460 e. The van der Waals surface area contributed by atoms with Gasteiger partial charge in [-0.2, -0.15) is 30.7 Å². The molecule has 0 aliphatic rings. The second-order valence-electron chi connectivity index (χ2n) is 2.35. The highest BCUT2D eigenvalue weighted by atomic mass is 127. The molecule has 9 heteroatoms. The van der Waals surface area contributed by atoms with E-state index in [1.165, 1.54) is 22.6 Å². The fourth-order valence-electron chi connectivity index (χ4n) is 0.524. The van der Waals surface area contributed by atoms with Gasteiger partial charge in [0, 0.05) is 4.43 Å². The maximum atomic E-state index is 12.4. The molecule has 0 aromatic rings. The first-order valence-corrected chi connectivity index (χ1v) is 4.75. The molecule has 90 valence electrons. The average Bonchev–Trinajstić information content (AvgIpc) is 2.02. The van der Waals surface area contributed by atoms with Gasteiger partial charge in [-0.25, -0.2) is 4.39 Å². The quantitative estimate of drug-likeness (QED) is 0.407. The van der Waals surface area contributed by atoms with Crippen molar-refractivity contribution < 1.29 is 35.1 Å². The summed E-state index contributed by atoms with van der Waals surface area (Å²) in [4.78, 5) is 0. The summed E-state index contributed by atoms with van der Waals surface area (Å²) in [6.45, 7) is 0. The number of rotatable bonds is 3. The van der Waals surface area contributed by atoms with Crippen LogP contribution >= 0.6 is 22.6 Å². The van der Waals surface area contributed by atoms with Gasteiger partial charge in [-0.1, -0.05) is 22.6 Å². The molecule has 0 nitrogen and oxygen atoms in total. The number of halogens is 9. The van der Waals surface area contributed by atoms with Gasteiger partial charge in [-0.3, -0.25) is 0 Å². The van der Waals surface area contributed by atoms with Crippen molar-refractivity contribution in [3.8, 4) is 0 Å². The highest BCUT2D eigenvalue weighted by Crippen LogP contribution is 2.49. The van der Waals surface area contributed by atoms with Crippen molar-refractivity contribution >= 4 is 22.6 Å². The molecule has 0 aromatic heterocycles. The third kappa shape index (κ3) is 2.72. The molecule has 15 heavy (non-hydrogen) atoms. The first-order valence-electron chi connectivity index (χ1n) is 3.23. The molecule has 0 heterocycles. The number of hydrogen-bond donors (Lipinski definition) is 0. The Bertz CT molecular complexity index is 252. The van der Waals surface area contributed by atoms with Crippen molar-refractivity contribution in [3.05, 3.63) is 11.9 Å². The van der Waals surface area contributed by atoms with Crippen LogP contribution in [0.25, 0.3) is 0 Å². The Hall–Kier alpha value is -0.0900. The second kappa shape index (κ2) is 4.42. The van der Waals surface area contributed by atoms with Gasteiger partial charge in [0.2, 0.25) is 0 Å². The van der Waals surface area contributed by atoms with Gasteiger partial charge in [-0.15, -0.1) is 0 Å². The molecule has 0 aliphatic carbocycles. The summed E-state index contributed by atoms with van der Waals surface area (Å²) in [7, 11) is 0. The van der Waals surface area contributed by atoms with Crippen LogP contribution in [0, 0.1) is 0 Å². The summed E-state index contributed by atoms with van der Waals surface area (Å²) in [6.07, 6.45) is -6.55. The normalized spacial score (nSPS) is 15.7. The zero-order valence-corrected chi connectivity index (χ0v) is 8.84. The smallest absolute Gasteiger partial charge is 0.205 e. The number of hydrogen-bond acceptors (Lipinski definition) is 0. The standard InChI is InChI=1S/C6H3F8I/c7-3(1-2-15)4(8,9)5(10,11)6(12,13)14/h1H,2H2/b3-1-. The topological polar surface area (TPSA) is 0 Å². The Balaban J connectivity index is 5.28. The van der Waals surface area contributed by atoms with Crippen molar-refractivity contribution in [2.24, 2.45) is 0 Å². The second-order valence-corrected chi connectivity index (χ2v) is 3.23. The molecular formula is C6H3F8I. The van der Waals surface area contributed by atoms with Gasteiger partial charge >= 0.3 is 18.0 Å². The maximum Gasteiger partial charge on any atom is 0.460 e. The molecule has 0 amide bonds. The summed E-state index contributed by atoms with van der Waals surface area (Å²) in [6, 6.07) is 0. The predicted molar refractivity (Wildman–Crippen MR) is 44.0 cm³/mol. The van der Waals surface area contributed by atoms with E-state index in [2.05, 4.69) is 0 Å². The van der Waals surface area contributed by atoms with E-state index in [0.717, 1.165) is 0 Å². The fraction of sp³-hybridized carbons (Fsp3) is 0.667. The van der Waals surface area contributed by atoms with Crippen LogP contribution in [-0.2, 0) is 0 Å². The van der Waals surface area contributed by atoms with E-state index in [-0.39, 0.29) is 6.08 Å². The van der Waals surface area contributed by atoms with Gasteiger partial charge in [-0.05, 0) is 6.08 Å². The Morgan fingerprint density at radius 1 is 1.00 bits per heavy atom. The molecule has 0 fully saturated rings. The van der Waals surface area contributed by atoms with Gasteiger partial charge < -0.3 is 0 Å². The Morgan fingerprint density at radius 3 is 1.67 bits per heavy atom. The minimum atomic E-state index is -6.51. The molecule has 0 atom stereocenters. The number of allylic oxidation sites excluding steroid dienone is 2. The van der Waals surface area contributed by atoms with Crippen LogP contribution in [0.5, 0.6) is 0 Å². The van der Waals surface area contributed by atoms with Gasteiger partial charge in [0.15, 0.2) is 5.83 Å². The monoisotopic (exact) mass is 354 g/mol. The minimum Gasteiger partial charge on any atom is -0.205 e. The highest BCUT2D eigenvalue weighted by Gasteiger charge is 2.74. The van der Waals surface area contributed by atoms with Crippen LogP contribution in [0.2, 0.25) is 0 Å². The number of alkyl halides is 8. The van der Waals surface area contributed by atoms with E-state index >= 15 is 0 Å². The highest BCUT2D eigenvalue weighted by molar-refractivity contribution is 14.1. The summed E-state index contributed by atoms with van der Waals surface area (Å²) < 4.78 is 95.4. The zero-order chi connectivity index (χ0) is 12.5. The van der Waals surface area contributed by atoms with E-state index < -0.39 is 28.3 Å². The molecular weight excluding hydrogens is 351 g/mol. The predicted octanol–water partition coefficient (Wildman–Crippen LogP) is 4.11. The van der Waals surface area contributed by atoms with Crippen LogP contribution in [0.15, 0.2) is 11.9 Å². The van der Waals surface area contributed by atoms with Crippen molar-refractivity contribution in [3.63, 3.8) is 0 Å². The third-order valence-corrected chi connectivity index (χ3v) is 1.75. The van der Waals surface area contributed by atoms with Crippen molar-refractivity contribution in [2.75, 3.05) is 4.43 Å². The van der Waals surface area contributed by atoms with E-state index in [1.54, 1.807) is 0 Å². The van der Waals surface area contributed by atoms with E-state index in [0.29, 0.717) is 0 Å². The average molecular weight is 354 g/mol. The molecule has 0 saturated carbocycles. The molecule has 0 aromatic carbocycles. The van der Waals surface area contributed by atoms with Crippen molar-refractivity contribution in [1.29, 1.82) is 0 Å². The molecule has 0 bridgehead atoms.